The molecule has 1 heterocycles. The summed E-state index contributed by atoms with van der Waals surface area (Å²) in [7, 11) is -3.72. The van der Waals surface area contributed by atoms with Crippen molar-refractivity contribution in [3.05, 3.63) is 111 Å². The number of fused-ring (bicyclic) bond motifs is 3. The first-order valence-corrected chi connectivity index (χ1v) is 15.0. The quantitative estimate of drug-likeness (QED) is 0.134. The predicted octanol–water partition coefficient (Wildman–Crippen LogP) is 6.86. The highest BCUT2D eigenvalue weighted by molar-refractivity contribution is 14.1. The fourth-order valence-corrected chi connectivity index (χ4v) is 7.20. The van der Waals surface area contributed by atoms with Gasteiger partial charge in [-0.2, -0.15) is 4.31 Å². The van der Waals surface area contributed by atoms with Gasteiger partial charge in [-0.15, -0.1) is 0 Å². The van der Waals surface area contributed by atoms with E-state index in [4.69, 9.17) is 0 Å². The summed E-state index contributed by atoms with van der Waals surface area (Å²) in [5.41, 5.74) is 4.05. The highest BCUT2D eigenvalue weighted by Crippen LogP contribution is 2.40. The fourth-order valence-electron chi connectivity index (χ4n) is 4.76. The molecule has 1 aliphatic heterocycles. The number of sulfonamides is 1. The van der Waals surface area contributed by atoms with Gasteiger partial charge in [0.25, 0.3) is 0 Å². The van der Waals surface area contributed by atoms with Crippen molar-refractivity contribution >= 4 is 65.1 Å². The van der Waals surface area contributed by atoms with Gasteiger partial charge < -0.3 is 0 Å². The van der Waals surface area contributed by atoms with Crippen LogP contribution in [0.2, 0.25) is 0 Å². The van der Waals surface area contributed by atoms with Gasteiger partial charge in [0.1, 0.15) is 0 Å². The molecule has 0 N–H and O–H groups in total. The van der Waals surface area contributed by atoms with Crippen molar-refractivity contribution in [2.24, 2.45) is 0 Å². The molecular formula is C28H23BrINO3S. The second kappa shape index (κ2) is 9.76. The monoisotopic (exact) mass is 659 g/mol. The number of benzene rings is 4. The van der Waals surface area contributed by atoms with Gasteiger partial charge in [0, 0.05) is 39.0 Å². The highest BCUT2D eigenvalue weighted by Gasteiger charge is 2.36. The van der Waals surface area contributed by atoms with Crippen LogP contribution in [-0.2, 0) is 16.6 Å². The second-order valence-corrected chi connectivity index (χ2v) is 12.6. The van der Waals surface area contributed by atoms with Gasteiger partial charge in [0.15, 0.2) is 5.78 Å². The Hall–Kier alpha value is -2.07. The number of ketones is 1. The summed E-state index contributed by atoms with van der Waals surface area (Å²) in [6.45, 7) is 2.48. The molecule has 5 rings (SSSR count). The molecule has 0 aromatic heterocycles. The summed E-state index contributed by atoms with van der Waals surface area (Å²) in [6, 6.07) is 24.2. The topological polar surface area (TPSA) is 54.5 Å². The highest BCUT2D eigenvalue weighted by atomic mass is 127. The van der Waals surface area contributed by atoms with E-state index < -0.39 is 10.0 Å². The maximum Gasteiger partial charge on any atom is 0.243 e. The number of hydrogen-bond donors (Lipinski definition) is 0. The molecule has 0 radical (unpaired) electrons. The largest absolute Gasteiger partial charge is 0.289 e. The van der Waals surface area contributed by atoms with E-state index >= 15 is 0 Å². The zero-order chi connectivity index (χ0) is 24.7. The van der Waals surface area contributed by atoms with Crippen molar-refractivity contribution < 1.29 is 13.2 Å². The molecule has 1 aliphatic rings. The number of aryl methyl sites for hydroxylation is 1. The first-order valence-electron chi connectivity index (χ1n) is 11.3. The smallest absolute Gasteiger partial charge is 0.243 e. The Labute approximate surface area is 227 Å². The minimum absolute atomic E-state index is 0.0258. The third-order valence-corrected chi connectivity index (χ3v) is 9.98. The molecule has 4 nitrogen and oxygen atoms in total. The van der Waals surface area contributed by atoms with Gasteiger partial charge in [-0.3, -0.25) is 4.79 Å². The third kappa shape index (κ3) is 4.59. The van der Waals surface area contributed by atoms with Crippen molar-refractivity contribution in [3.63, 3.8) is 0 Å². The lowest BCUT2D eigenvalue weighted by Crippen LogP contribution is -2.39. The van der Waals surface area contributed by atoms with Gasteiger partial charge >= 0.3 is 0 Å². The molecule has 0 saturated heterocycles. The zero-order valence-corrected chi connectivity index (χ0v) is 23.6. The molecule has 7 heteroatoms. The van der Waals surface area contributed by atoms with Gasteiger partial charge in [-0.05, 0) is 71.3 Å². The van der Waals surface area contributed by atoms with E-state index in [-0.39, 0.29) is 23.1 Å². The zero-order valence-electron chi connectivity index (χ0n) is 19.0. The van der Waals surface area contributed by atoms with Crippen LogP contribution in [0.5, 0.6) is 0 Å². The van der Waals surface area contributed by atoms with Gasteiger partial charge in [0.05, 0.1) is 4.90 Å². The number of nitrogens with zero attached hydrogens (tertiary/aromatic N) is 1. The predicted molar refractivity (Wildman–Crippen MR) is 152 cm³/mol. The Bertz CT molecular complexity index is 1530. The first kappa shape index (κ1) is 24.6. The standard InChI is InChI=1S/C28H23BrINO3S/c1-18-6-12-23(13-7-18)35(33,34)31-16-21(15-30)27-24-5-3-2-4-20(24)14-25(26(27)17-31)28(32)19-8-10-22(29)11-9-19/h2-14,21H,15-17H2,1H3/t21-/m1/s1. The van der Waals surface area contributed by atoms with Crippen molar-refractivity contribution in [1.29, 1.82) is 0 Å². The van der Waals surface area contributed by atoms with E-state index in [1.165, 1.54) is 4.31 Å². The van der Waals surface area contributed by atoms with Crippen LogP contribution in [0.1, 0.15) is 38.5 Å². The van der Waals surface area contributed by atoms with Crippen molar-refractivity contribution in [2.75, 3.05) is 11.0 Å². The molecule has 1 atom stereocenters. The summed E-state index contributed by atoms with van der Waals surface area (Å²) in [5.74, 6) is -0.122. The van der Waals surface area contributed by atoms with E-state index in [0.717, 1.165) is 36.4 Å². The third-order valence-electron chi connectivity index (χ3n) is 6.56. The molecule has 0 bridgehead atoms. The number of halogens is 2. The lowest BCUT2D eigenvalue weighted by atomic mass is 9.83. The Morgan fingerprint density at radius 2 is 1.71 bits per heavy atom. The van der Waals surface area contributed by atoms with Crippen molar-refractivity contribution in [1.82, 2.24) is 4.31 Å². The maximum atomic E-state index is 13.7. The van der Waals surface area contributed by atoms with Gasteiger partial charge in [-0.1, -0.05) is 80.5 Å². The SMILES string of the molecule is Cc1ccc(S(=O)(=O)N2Cc3c(C(=O)c4ccc(Br)cc4)cc4ccccc4c3[C@H](CI)C2)cc1. The molecule has 0 amide bonds. The molecule has 4 aromatic rings. The van der Waals surface area contributed by atoms with E-state index in [1.807, 2.05) is 55.5 Å². The van der Waals surface area contributed by atoms with Crippen LogP contribution in [0.4, 0.5) is 0 Å². The second-order valence-electron chi connectivity index (χ2n) is 8.84. The Morgan fingerprint density at radius 3 is 2.40 bits per heavy atom. The Morgan fingerprint density at radius 1 is 1.03 bits per heavy atom. The summed E-state index contributed by atoms with van der Waals surface area (Å²) >= 11 is 5.76. The van der Waals surface area contributed by atoms with Crippen molar-refractivity contribution in [2.45, 2.75) is 24.3 Å². The van der Waals surface area contributed by atoms with Gasteiger partial charge in [-0.25, -0.2) is 8.42 Å². The Balaban J connectivity index is 1.69. The van der Waals surface area contributed by atoms with Crippen molar-refractivity contribution in [3.8, 4) is 0 Å². The minimum atomic E-state index is -3.72. The average Bonchev–Trinajstić information content (AvgIpc) is 2.87. The minimum Gasteiger partial charge on any atom is -0.289 e. The van der Waals surface area contributed by atoms with Crippen LogP contribution < -0.4 is 0 Å². The molecule has 0 aliphatic carbocycles. The van der Waals surface area contributed by atoms with Crippen LogP contribution in [0, 0.1) is 6.92 Å². The normalized spacial score (nSPS) is 16.3. The molecule has 35 heavy (non-hydrogen) atoms. The number of alkyl halides is 1. The number of rotatable bonds is 5. The van der Waals surface area contributed by atoms with Crippen LogP contribution in [0.25, 0.3) is 10.8 Å². The molecule has 178 valence electrons. The van der Waals surface area contributed by atoms with Crippen LogP contribution in [0.15, 0.2) is 88.2 Å². The molecule has 0 spiro atoms. The van der Waals surface area contributed by atoms with E-state index in [9.17, 15) is 13.2 Å². The fraction of sp³-hybridized carbons (Fsp3) is 0.179. The summed E-state index contributed by atoms with van der Waals surface area (Å²) < 4.78 is 30.5. The summed E-state index contributed by atoms with van der Waals surface area (Å²) in [6.07, 6.45) is 0. The van der Waals surface area contributed by atoms with Crippen LogP contribution in [0.3, 0.4) is 0 Å². The number of carbonyl (C=O) groups excluding carboxylic acids is 1. The van der Waals surface area contributed by atoms with Gasteiger partial charge in [0.2, 0.25) is 10.0 Å². The maximum absolute atomic E-state index is 13.7. The lowest BCUT2D eigenvalue weighted by Gasteiger charge is -2.35. The number of hydrogen-bond acceptors (Lipinski definition) is 3. The van der Waals surface area contributed by atoms with E-state index in [0.29, 0.717) is 17.7 Å². The summed E-state index contributed by atoms with van der Waals surface area (Å²) in [5, 5.41) is 2.08. The van der Waals surface area contributed by atoms with Crippen LogP contribution in [-0.4, -0.2) is 29.5 Å². The van der Waals surface area contributed by atoms with Crippen LogP contribution >= 0.6 is 38.5 Å². The molecular weight excluding hydrogens is 637 g/mol. The number of carbonyl (C=O) groups is 1. The van der Waals surface area contributed by atoms with E-state index in [2.05, 4.69) is 44.6 Å². The molecule has 0 fully saturated rings. The summed E-state index contributed by atoms with van der Waals surface area (Å²) in [4.78, 5) is 14.0. The average molecular weight is 660 g/mol. The van der Waals surface area contributed by atoms with E-state index in [1.54, 1.807) is 24.3 Å². The first-order chi connectivity index (χ1) is 16.8. The molecule has 0 saturated carbocycles. The Kier molecular flexibility index (Phi) is 6.87. The lowest BCUT2D eigenvalue weighted by molar-refractivity contribution is 0.103. The molecule has 4 aromatic carbocycles. The molecule has 0 unspecified atom stereocenters.